The van der Waals surface area contributed by atoms with Gasteiger partial charge in [0.05, 0.1) is 13.0 Å². The molecular weight excluding hydrogens is 350 g/mol. The summed E-state index contributed by atoms with van der Waals surface area (Å²) < 4.78 is 27.8. The lowest BCUT2D eigenvalue weighted by Gasteiger charge is -2.06. The van der Waals surface area contributed by atoms with Gasteiger partial charge >= 0.3 is 0 Å². The van der Waals surface area contributed by atoms with Gasteiger partial charge in [-0.25, -0.2) is 8.78 Å². The van der Waals surface area contributed by atoms with Gasteiger partial charge < -0.3 is 5.32 Å². The number of carbonyl (C=O) groups is 1. The highest BCUT2D eigenvalue weighted by atomic mass is 19.2. The lowest BCUT2D eigenvalue weighted by Crippen LogP contribution is -2.15. The second-order valence-electron chi connectivity index (χ2n) is 6.62. The summed E-state index contributed by atoms with van der Waals surface area (Å²) in [6, 6.07) is 9.16. The number of nitrogens with zero attached hydrogens (tertiary/aromatic N) is 3. The predicted octanol–water partition coefficient (Wildman–Crippen LogP) is 3.91. The van der Waals surface area contributed by atoms with Crippen LogP contribution in [0.1, 0.15) is 36.6 Å². The summed E-state index contributed by atoms with van der Waals surface area (Å²) in [6.07, 6.45) is 3.56. The van der Waals surface area contributed by atoms with Crippen molar-refractivity contribution in [2.24, 2.45) is 0 Å². The van der Waals surface area contributed by atoms with E-state index in [2.05, 4.69) is 29.2 Å². The van der Waals surface area contributed by atoms with Crippen LogP contribution >= 0.6 is 0 Å². The number of nitrogens with one attached hydrogen (secondary N) is 1. The number of hydrogen-bond acceptors (Lipinski definition) is 3. The molecule has 2 aromatic heterocycles. The van der Waals surface area contributed by atoms with Gasteiger partial charge in [-0.3, -0.25) is 14.5 Å². The van der Waals surface area contributed by atoms with Crippen molar-refractivity contribution in [2.45, 2.75) is 32.7 Å². The molecule has 5 nitrogen and oxygen atoms in total. The summed E-state index contributed by atoms with van der Waals surface area (Å²) in [5.74, 6) is -1.25. The van der Waals surface area contributed by atoms with Crippen LogP contribution in [-0.2, 0) is 17.8 Å². The SMILES string of the molecule is CC(C)c1ccc(CC(=O)Nc2ccn(Cc3ccc(F)c(F)c3)n2)cn1. The van der Waals surface area contributed by atoms with Crippen LogP contribution in [0.4, 0.5) is 14.6 Å². The van der Waals surface area contributed by atoms with Crippen molar-refractivity contribution >= 4 is 11.7 Å². The molecule has 0 bridgehead atoms. The molecule has 0 aliphatic rings. The molecule has 0 spiro atoms. The Labute approximate surface area is 156 Å². The monoisotopic (exact) mass is 370 g/mol. The smallest absolute Gasteiger partial charge is 0.230 e. The molecule has 2 heterocycles. The minimum atomic E-state index is -0.898. The van der Waals surface area contributed by atoms with Crippen molar-refractivity contribution in [3.8, 4) is 0 Å². The van der Waals surface area contributed by atoms with Gasteiger partial charge in [-0.15, -0.1) is 0 Å². The van der Waals surface area contributed by atoms with E-state index in [-0.39, 0.29) is 18.9 Å². The van der Waals surface area contributed by atoms with E-state index in [9.17, 15) is 13.6 Å². The first-order chi connectivity index (χ1) is 12.9. The average molecular weight is 370 g/mol. The lowest BCUT2D eigenvalue weighted by atomic mass is 10.1. The van der Waals surface area contributed by atoms with E-state index in [1.54, 1.807) is 23.1 Å². The third-order valence-electron chi connectivity index (χ3n) is 4.04. The number of rotatable bonds is 6. The molecule has 0 fully saturated rings. The number of amides is 1. The second kappa shape index (κ2) is 8.07. The molecule has 0 aliphatic carbocycles. The lowest BCUT2D eigenvalue weighted by molar-refractivity contribution is -0.115. The normalized spacial score (nSPS) is 11.0. The Morgan fingerprint density at radius 2 is 1.89 bits per heavy atom. The fourth-order valence-corrected chi connectivity index (χ4v) is 2.60. The topological polar surface area (TPSA) is 59.8 Å². The van der Waals surface area contributed by atoms with E-state index in [0.29, 0.717) is 17.3 Å². The Balaban J connectivity index is 1.58. The number of hydrogen-bond donors (Lipinski definition) is 1. The molecule has 7 heteroatoms. The van der Waals surface area contributed by atoms with Crippen molar-refractivity contribution in [2.75, 3.05) is 5.32 Å². The van der Waals surface area contributed by atoms with E-state index in [1.165, 1.54) is 6.07 Å². The zero-order chi connectivity index (χ0) is 19.4. The number of benzene rings is 1. The minimum absolute atomic E-state index is 0.196. The highest BCUT2D eigenvalue weighted by Gasteiger charge is 2.09. The molecule has 3 rings (SSSR count). The maximum absolute atomic E-state index is 13.3. The first-order valence-corrected chi connectivity index (χ1v) is 8.63. The molecule has 1 amide bonds. The van der Waals surface area contributed by atoms with Gasteiger partial charge in [-0.1, -0.05) is 26.0 Å². The predicted molar refractivity (Wildman–Crippen MR) is 98.3 cm³/mol. The third kappa shape index (κ3) is 4.97. The molecule has 1 aromatic carbocycles. The van der Waals surface area contributed by atoms with Gasteiger partial charge in [0.2, 0.25) is 5.91 Å². The Hall–Kier alpha value is -3.09. The third-order valence-corrected chi connectivity index (χ3v) is 4.04. The number of anilines is 1. The number of carbonyl (C=O) groups excluding carboxylic acids is 1. The van der Waals surface area contributed by atoms with Gasteiger partial charge in [0.25, 0.3) is 0 Å². The number of aromatic nitrogens is 3. The molecule has 0 radical (unpaired) electrons. The van der Waals surface area contributed by atoms with E-state index in [1.807, 2.05) is 12.1 Å². The molecular formula is C20H20F2N4O. The zero-order valence-corrected chi connectivity index (χ0v) is 15.1. The summed E-state index contributed by atoms with van der Waals surface area (Å²) in [6.45, 7) is 4.39. The van der Waals surface area contributed by atoms with Gasteiger partial charge in [0, 0.05) is 24.2 Å². The van der Waals surface area contributed by atoms with Crippen molar-refractivity contribution in [3.05, 3.63) is 77.2 Å². The highest BCUT2D eigenvalue weighted by molar-refractivity contribution is 5.91. The largest absolute Gasteiger partial charge is 0.309 e. The zero-order valence-electron chi connectivity index (χ0n) is 15.1. The van der Waals surface area contributed by atoms with Gasteiger partial charge in [0.1, 0.15) is 0 Å². The molecule has 0 saturated heterocycles. The molecule has 1 N–H and O–H groups in total. The molecule has 3 aromatic rings. The van der Waals surface area contributed by atoms with Crippen LogP contribution in [-0.4, -0.2) is 20.7 Å². The Morgan fingerprint density at radius 1 is 1.11 bits per heavy atom. The van der Waals surface area contributed by atoms with Crippen molar-refractivity contribution in [1.82, 2.24) is 14.8 Å². The average Bonchev–Trinajstić information content (AvgIpc) is 3.05. The molecule has 140 valence electrons. The fourth-order valence-electron chi connectivity index (χ4n) is 2.60. The van der Waals surface area contributed by atoms with Crippen molar-refractivity contribution in [3.63, 3.8) is 0 Å². The minimum Gasteiger partial charge on any atom is -0.309 e. The summed E-state index contributed by atoms with van der Waals surface area (Å²) in [4.78, 5) is 16.5. The van der Waals surface area contributed by atoms with Crippen LogP contribution in [0.5, 0.6) is 0 Å². The molecule has 27 heavy (non-hydrogen) atoms. The molecule has 0 atom stereocenters. The maximum atomic E-state index is 13.3. The van der Waals surface area contributed by atoms with Crippen LogP contribution in [0.25, 0.3) is 0 Å². The van der Waals surface area contributed by atoms with Crippen LogP contribution in [0, 0.1) is 11.6 Å². The first-order valence-electron chi connectivity index (χ1n) is 8.63. The highest BCUT2D eigenvalue weighted by Crippen LogP contribution is 2.13. The Kier molecular flexibility index (Phi) is 5.59. The van der Waals surface area contributed by atoms with E-state index < -0.39 is 11.6 Å². The Morgan fingerprint density at radius 3 is 2.56 bits per heavy atom. The van der Waals surface area contributed by atoms with Crippen LogP contribution in [0.2, 0.25) is 0 Å². The standard InChI is InChI=1S/C20H20F2N4O/c1-13(2)18-6-4-14(11-23-18)10-20(27)24-19-7-8-26(25-19)12-15-3-5-16(21)17(22)9-15/h3-9,11,13H,10,12H2,1-2H3,(H,24,25,27). The molecule has 0 unspecified atom stereocenters. The van der Waals surface area contributed by atoms with E-state index in [0.717, 1.165) is 23.4 Å². The second-order valence-corrected chi connectivity index (χ2v) is 6.62. The first kappa shape index (κ1) is 18.7. The van der Waals surface area contributed by atoms with Crippen LogP contribution in [0.15, 0.2) is 48.8 Å². The van der Waals surface area contributed by atoms with Crippen molar-refractivity contribution < 1.29 is 13.6 Å². The van der Waals surface area contributed by atoms with E-state index in [4.69, 9.17) is 0 Å². The maximum Gasteiger partial charge on any atom is 0.230 e. The van der Waals surface area contributed by atoms with Gasteiger partial charge in [-0.05, 0) is 35.2 Å². The van der Waals surface area contributed by atoms with Crippen LogP contribution in [0.3, 0.4) is 0 Å². The fraction of sp³-hybridized carbons (Fsp3) is 0.250. The van der Waals surface area contributed by atoms with Gasteiger partial charge in [-0.2, -0.15) is 5.10 Å². The Bertz CT molecular complexity index is 935. The summed E-state index contributed by atoms with van der Waals surface area (Å²) >= 11 is 0. The van der Waals surface area contributed by atoms with Crippen LogP contribution < -0.4 is 5.32 Å². The number of halogens is 2. The van der Waals surface area contributed by atoms with Gasteiger partial charge in [0.15, 0.2) is 17.5 Å². The van der Waals surface area contributed by atoms with Crippen molar-refractivity contribution in [1.29, 1.82) is 0 Å². The van der Waals surface area contributed by atoms with E-state index >= 15 is 0 Å². The summed E-state index contributed by atoms with van der Waals surface area (Å²) in [7, 11) is 0. The quantitative estimate of drug-likeness (QED) is 0.716. The number of pyridine rings is 1. The summed E-state index contributed by atoms with van der Waals surface area (Å²) in [5, 5.41) is 6.95. The molecule has 0 saturated carbocycles. The molecule has 0 aliphatic heterocycles. The summed E-state index contributed by atoms with van der Waals surface area (Å²) in [5.41, 5.74) is 2.37.